The summed E-state index contributed by atoms with van der Waals surface area (Å²) < 4.78 is 5.15. The van der Waals surface area contributed by atoms with Crippen LogP contribution in [-0.2, 0) is 0 Å². The van der Waals surface area contributed by atoms with Gasteiger partial charge in [0.1, 0.15) is 5.75 Å². The van der Waals surface area contributed by atoms with Crippen molar-refractivity contribution in [3.05, 3.63) is 39.8 Å². The summed E-state index contributed by atoms with van der Waals surface area (Å²) in [6.07, 6.45) is 0. The first-order chi connectivity index (χ1) is 9.51. The van der Waals surface area contributed by atoms with Gasteiger partial charge in [-0.15, -0.1) is 11.3 Å². The van der Waals surface area contributed by atoms with E-state index in [1.54, 1.807) is 12.1 Å². The Morgan fingerprint density at radius 3 is 2.75 bits per heavy atom. The molecule has 7 heteroatoms. The number of aromatic carboxylic acids is 1. The lowest BCUT2D eigenvalue weighted by atomic mass is 10.2. The molecule has 0 fully saturated rings. The molecule has 0 bridgehead atoms. The molecule has 20 heavy (non-hydrogen) atoms. The minimum atomic E-state index is -1.16. The molecule has 0 aliphatic carbocycles. The zero-order chi connectivity index (χ0) is 14.7. The van der Waals surface area contributed by atoms with Gasteiger partial charge in [0.2, 0.25) is 0 Å². The number of benzene rings is 1. The van der Waals surface area contributed by atoms with Crippen molar-refractivity contribution in [1.82, 2.24) is 4.98 Å². The van der Waals surface area contributed by atoms with Crippen molar-refractivity contribution in [1.29, 1.82) is 0 Å². The summed E-state index contributed by atoms with van der Waals surface area (Å²) in [6, 6.07) is 5.37. The molecule has 6 nitrogen and oxygen atoms in total. The molecule has 1 heterocycles. The van der Waals surface area contributed by atoms with Gasteiger partial charge in [-0.05, 0) is 24.6 Å². The summed E-state index contributed by atoms with van der Waals surface area (Å²) in [7, 11) is 1.51. The van der Waals surface area contributed by atoms with E-state index in [-0.39, 0.29) is 10.7 Å². The van der Waals surface area contributed by atoms with Gasteiger partial charge in [-0.2, -0.15) is 0 Å². The quantitative estimate of drug-likeness (QED) is 0.903. The molecule has 0 unspecified atom stereocenters. The molecule has 0 saturated heterocycles. The van der Waals surface area contributed by atoms with Crippen LogP contribution in [0.15, 0.2) is 23.6 Å². The van der Waals surface area contributed by atoms with E-state index in [0.717, 1.165) is 16.9 Å². The largest absolute Gasteiger partial charge is 0.495 e. The molecule has 1 aromatic heterocycles. The third-order valence-corrected chi connectivity index (χ3v) is 3.36. The molecule has 2 N–H and O–H groups in total. The number of ether oxygens (including phenoxy) is 1. The van der Waals surface area contributed by atoms with Crippen molar-refractivity contribution in [3.63, 3.8) is 0 Å². The SMILES string of the molecule is COc1ccc(C)cc1NC(=O)c1nc(C(=O)O)cs1. The van der Waals surface area contributed by atoms with Crippen molar-refractivity contribution in [2.75, 3.05) is 12.4 Å². The molecule has 1 amide bonds. The fourth-order valence-corrected chi connectivity index (χ4v) is 2.26. The number of rotatable bonds is 4. The van der Waals surface area contributed by atoms with Crippen LogP contribution in [0.3, 0.4) is 0 Å². The number of anilines is 1. The molecule has 0 aliphatic heterocycles. The molecule has 0 atom stereocenters. The van der Waals surface area contributed by atoms with Crippen molar-refractivity contribution in [3.8, 4) is 5.75 Å². The van der Waals surface area contributed by atoms with Crippen LogP contribution in [0.1, 0.15) is 25.9 Å². The summed E-state index contributed by atoms with van der Waals surface area (Å²) in [5.41, 5.74) is 1.34. The maximum atomic E-state index is 12.0. The number of amides is 1. The van der Waals surface area contributed by atoms with E-state index in [2.05, 4.69) is 10.3 Å². The molecular weight excluding hydrogens is 280 g/mol. The van der Waals surface area contributed by atoms with Gasteiger partial charge in [-0.1, -0.05) is 6.07 Å². The monoisotopic (exact) mass is 292 g/mol. The number of aromatic nitrogens is 1. The molecule has 2 rings (SSSR count). The smallest absolute Gasteiger partial charge is 0.355 e. The van der Waals surface area contributed by atoms with E-state index >= 15 is 0 Å². The lowest BCUT2D eigenvalue weighted by Gasteiger charge is -2.09. The minimum Gasteiger partial charge on any atom is -0.495 e. The number of aryl methyl sites for hydroxylation is 1. The number of carboxylic acid groups (broad SMARTS) is 1. The first-order valence-corrected chi connectivity index (χ1v) is 6.54. The summed E-state index contributed by atoms with van der Waals surface area (Å²) in [5, 5.41) is 12.9. The molecule has 0 aliphatic rings. The Morgan fingerprint density at radius 1 is 1.40 bits per heavy atom. The van der Waals surface area contributed by atoms with Gasteiger partial charge in [0.25, 0.3) is 5.91 Å². The van der Waals surface area contributed by atoms with Crippen LogP contribution < -0.4 is 10.1 Å². The molecule has 104 valence electrons. The number of nitrogens with zero attached hydrogens (tertiary/aromatic N) is 1. The number of carbonyl (C=O) groups excluding carboxylic acids is 1. The van der Waals surface area contributed by atoms with Crippen LogP contribution in [0.4, 0.5) is 5.69 Å². The fourth-order valence-electron chi connectivity index (χ4n) is 1.57. The van der Waals surface area contributed by atoms with Gasteiger partial charge in [0, 0.05) is 5.38 Å². The van der Waals surface area contributed by atoms with E-state index in [4.69, 9.17) is 9.84 Å². The first-order valence-electron chi connectivity index (χ1n) is 5.66. The highest BCUT2D eigenvalue weighted by Gasteiger charge is 2.16. The maximum Gasteiger partial charge on any atom is 0.355 e. The van der Waals surface area contributed by atoms with Crippen molar-refractivity contribution in [2.24, 2.45) is 0 Å². The van der Waals surface area contributed by atoms with Gasteiger partial charge in [-0.25, -0.2) is 9.78 Å². The van der Waals surface area contributed by atoms with Crippen LogP contribution in [0.25, 0.3) is 0 Å². The normalized spacial score (nSPS) is 10.1. The van der Waals surface area contributed by atoms with E-state index in [9.17, 15) is 9.59 Å². The van der Waals surface area contributed by atoms with Crippen molar-refractivity contribution >= 4 is 28.9 Å². The highest BCUT2D eigenvalue weighted by atomic mass is 32.1. The first kappa shape index (κ1) is 14.0. The van der Waals surface area contributed by atoms with Gasteiger partial charge in [-0.3, -0.25) is 4.79 Å². The van der Waals surface area contributed by atoms with Gasteiger partial charge < -0.3 is 15.2 Å². The van der Waals surface area contributed by atoms with E-state index in [0.29, 0.717) is 11.4 Å². The lowest BCUT2D eigenvalue weighted by molar-refractivity contribution is 0.0691. The van der Waals surface area contributed by atoms with Crippen molar-refractivity contribution < 1.29 is 19.4 Å². The number of nitrogens with one attached hydrogen (secondary N) is 1. The maximum absolute atomic E-state index is 12.0. The highest BCUT2D eigenvalue weighted by molar-refractivity contribution is 7.12. The van der Waals surface area contributed by atoms with E-state index in [1.165, 1.54) is 12.5 Å². The topological polar surface area (TPSA) is 88.5 Å². The van der Waals surface area contributed by atoms with E-state index < -0.39 is 11.9 Å². The second kappa shape index (κ2) is 5.70. The Balaban J connectivity index is 2.22. The zero-order valence-electron chi connectivity index (χ0n) is 10.8. The second-order valence-electron chi connectivity index (χ2n) is 4.00. The van der Waals surface area contributed by atoms with Gasteiger partial charge >= 0.3 is 5.97 Å². The third-order valence-electron chi connectivity index (χ3n) is 2.52. The highest BCUT2D eigenvalue weighted by Crippen LogP contribution is 2.26. The predicted octanol–water partition coefficient (Wildman–Crippen LogP) is 2.41. The average Bonchev–Trinajstić information content (AvgIpc) is 2.89. The summed E-state index contributed by atoms with van der Waals surface area (Å²) >= 11 is 0.978. The molecule has 0 radical (unpaired) electrons. The molecular formula is C13H12N2O4S. The van der Waals surface area contributed by atoms with E-state index in [1.807, 2.05) is 13.0 Å². The molecule has 1 aromatic carbocycles. The number of carbonyl (C=O) groups is 2. The number of hydrogen-bond acceptors (Lipinski definition) is 5. The lowest BCUT2D eigenvalue weighted by Crippen LogP contribution is -2.13. The Bertz CT molecular complexity index is 666. The Hall–Kier alpha value is -2.41. The van der Waals surface area contributed by atoms with Crippen LogP contribution >= 0.6 is 11.3 Å². The number of thiazole rings is 1. The van der Waals surface area contributed by atoms with Crippen LogP contribution in [0, 0.1) is 6.92 Å². The van der Waals surface area contributed by atoms with Crippen LogP contribution in [-0.4, -0.2) is 29.1 Å². The summed E-state index contributed by atoms with van der Waals surface area (Å²) in [4.78, 5) is 26.5. The zero-order valence-corrected chi connectivity index (χ0v) is 11.7. The van der Waals surface area contributed by atoms with Crippen LogP contribution in [0.5, 0.6) is 5.75 Å². The predicted molar refractivity (Wildman–Crippen MR) is 74.8 cm³/mol. The van der Waals surface area contributed by atoms with Crippen molar-refractivity contribution in [2.45, 2.75) is 6.92 Å². The number of carboxylic acids is 1. The second-order valence-corrected chi connectivity index (χ2v) is 4.86. The molecule has 0 saturated carbocycles. The molecule has 0 spiro atoms. The van der Waals surface area contributed by atoms with Gasteiger partial charge in [0.15, 0.2) is 10.7 Å². The van der Waals surface area contributed by atoms with Crippen LogP contribution in [0.2, 0.25) is 0 Å². The number of hydrogen-bond donors (Lipinski definition) is 2. The Kier molecular flexibility index (Phi) is 3.99. The number of methoxy groups -OCH3 is 1. The fraction of sp³-hybridized carbons (Fsp3) is 0.154. The Labute approximate surface area is 119 Å². The molecule has 2 aromatic rings. The van der Waals surface area contributed by atoms with Gasteiger partial charge in [0.05, 0.1) is 12.8 Å². The minimum absolute atomic E-state index is 0.0889. The Morgan fingerprint density at radius 2 is 2.15 bits per heavy atom. The summed E-state index contributed by atoms with van der Waals surface area (Å²) in [6.45, 7) is 1.89. The standard InChI is InChI=1S/C13H12N2O4S/c1-7-3-4-10(19-2)8(5-7)14-11(16)12-15-9(6-20-12)13(17)18/h3-6H,1-2H3,(H,14,16)(H,17,18). The summed E-state index contributed by atoms with van der Waals surface area (Å²) in [5.74, 6) is -1.10. The third kappa shape index (κ3) is 2.94. The average molecular weight is 292 g/mol.